The SMILES string of the molecule is CC.CC.CC.CC.CC.CC.CC.CC.CC.CC(=O)Nc1cc(C)c(O)c(C)c1.COc1c(C)cc(N)cc1C.COc1c(C)cc(NC(C)=O)cc1C.COc1c(C)cc(S)cc1C.Cc1cc(C)cc([N+](=O)[O-])c1.Cc1cc(N)cc(C)c1O. The number of nitrogens with one attached hydrogen (secondary N) is 2. The number of benzene rings is 6. The summed E-state index contributed by atoms with van der Waals surface area (Å²) in [5, 5.41) is 34.4. The summed E-state index contributed by atoms with van der Waals surface area (Å²) < 4.78 is 15.6. The zero-order chi connectivity index (χ0) is 71.7. The molecular formula is C73H127N5O9S. The topological polar surface area (TPSA) is 222 Å². The lowest BCUT2D eigenvalue weighted by atomic mass is 10.1. The number of nitrogens with two attached hydrogens (primary N) is 2. The van der Waals surface area contributed by atoms with Crippen LogP contribution >= 0.6 is 12.6 Å². The number of phenolic OH excluding ortho intramolecular Hbond substituents is 2. The van der Waals surface area contributed by atoms with E-state index in [2.05, 4.69) is 23.3 Å². The Hall–Kier alpha value is -7.39. The van der Waals surface area contributed by atoms with Crippen LogP contribution in [0.3, 0.4) is 0 Å². The molecule has 6 rings (SSSR count). The van der Waals surface area contributed by atoms with Crippen LogP contribution < -0.4 is 36.3 Å². The lowest BCUT2D eigenvalue weighted by Crippen LogP contribution is -2.06. The van der Waals surface area contributed by atoms with E-state index in [0.29, 0.717) is 11.4 Å². The second-order valence-electron chi connectivity index (χ2n) is 16.9. The van der Waals surface area contributed by atoms with E-state index in [1.54, 1.807) is 71.6 Å². The second kappa shape index (κ2) is 62.7. The van der Waals surface area contributed by atoms with E-state index in [4.69, 9.17) is 25.7 Å². The fourth-order valence-electron chi connectivity index (χ4n) is 7.38. The fourth-order valence-corrected chi connectivity index (χ4v) is 7.77. The monoisotopic (exact) mass is 1250 g/mol. The number of aryl methyl sites for hydroxylation is 12. The number of hydrogen-bond donors (Lipinski definition) is 7. The van der Waals surface area contributed by atoms with Crippen molar-refractivity contribution in [2.75, 3.05) is 43.4 Å². The summed E-state index contributed by atoms with van der Waals surface area (Å²) in [6.45, 7) is 61.8. The number of non-ortho nitro benzene ring substituents is 1. The van der Waals surface area contributed by atoms with Crippen LogP contribution in [-0.2, 0) is 9.59 Å². The highest BCUT2D eigenvalue weighted by Crippen LogP contribution is 2.29. The van der Waals surface area contributed by atoms with Gasteiger partial charge in [0.25, 0.3) is 5.69 Å². The number of nitro benzene ring substituents is 1. The molecule has 6 aromatic rings. The maximum Gasteiger partial charge on any atom is 0.269 e. The van der Waals surface area contributed by atoms with E-state index in [-0.39, 0.29) is 28.2 Å². The van der Waals surface area contributed by atoms with Crippen molar-refractivity contribution in [3.8, 4) is 28.7 Å². The van der Waals surface area contributed by atoms with E-state index in [1.165, 1.54) is 13.8 Å². The summed E-state index contributed by atoms with van der Waals surface area (Å²) in [5.41, 5.74) is 25.9. The lowest BCUT2D eigenvalue weighted by molar-refractivity contribution is -0.384. The molecule has 0 atom stereocenters. The van der Waals surface area contributed by atoms with Crippen LogP contribution in [0.2, 0.25) is 0 Å². The van der Waals surface area contributed by atoms with Gasteiger partial charge in [0.1, 0.15) is 28.7 Å². The Morgan fingerprint density at radius 2 is 0.602 bits per heavy atom. The minimum Gasteiger partial charge on any atom is -0.507 e. The van der Waals surface area contributed by atoms with Crippen molar-refractivity contribution in [1.29, 1.82) is 0 Å². The predicted molar refractivity (Wildman–Crippen MR) is 392 cm³/mol. The maximum atomic E-state index is 10.8. The van der Waals surface area contributed by atoms with Crippen molar-refractivity contribution in [3.63, 3.8) is 0 Å². The third-order valence-corrected chi connectivity index (χ3v) is 10.3. The van der Waals surface area contributed by atoms with Gasteiger partial charge < -0.3 is 46.5 Å². The van der Waals surface area contributed by atoms with Crippen molar-refractivity contribution in [2.24, 2.45) is 0 Å². The Kier molecular flexibility index (Phi) is 70.9. The first kappa shape index (κ1) is 99.6. The molecule has 0 fully saturated rings. The summed E-state index contributed by atoms with van der Waals surface area (Å²) in [5.74, 6) is 3.22. The van der Waals surface area contributed by atoms with Crippen LogP contribution in [0, 0.1) is 93.2 Å². The van der Waals surface area contributed by atoms with Gasteiger partial charge in [-0.2, -0.15) is 0 Å². The molecule has 0 aliphatic carbocycles. The summed E-state index contributed by atoms with van der Waals surface area (Å²) in [4.78, 5) is 32.5. The Morgan fingerprint density at radius 1 is 0.398 bits per heavy atom. The number of anilines is 4. The summed E-state index contributed by atoms with van der Waals surface area (Å²) >= 11 is 4.25. The molecule has 0 bridgehead atoms. The Balaban J connectivity index is -0.000000116. The lowest BCUT2D eigenvalue weighted by Gasteiger charge is -2.11. The first-order chi connectivity index (χ1) is 41.5. The number of phenols is 2. The number of rotatable bonds is 6. The summed E-state index contributed by atoms with van der Waals surface area (Å²) in [6.07, 6.45) is 0. The minimum absolute atomic E-state index is 0.0611. The van der Waals surface area contributed by atoms with Crippen LogP contribution in [0.5, 0.6) is 28.7 Å². The normalized spacial score (nSPS) is 8.36. The van der Waals surface area contributed by atoms with E-state index in [1.807, 2.05) is 236 Å². The number of hydrogen-bond acceptors (Lipinski definition) is 12. The number of nitrogen functional groups attached to an aromatic ring is 2. The molecule has 0 spiro atoms. The average molecular weight is 1250 g/mol. The van der Waals surface area contributed by atoms with Crippen LogP contribution in [-0.4, -0.2) is 48.3 Å². The molecule has 8 N–H and O–H groups in total. The highest BCUT2D eigenvalue weighted by atomic mass is 32.1. The van der Waals surface area contributed by atoms with Crippen LogP contribution in [0.4, 0.5) is 28.4 Å². The fraction of sp³-hybridized carbons (Fsp3) is 0.479. The van der Waals surface area contributed by atoms with E-state index >= 15 is 0 Å². The molecule has 0 saturated carbocycles. The summed E-state index contributed by atoms with van der Waals surface area (Å²) in [6, 6.07) is 23.6. The maximum absolute atomic E-state index is 10.8. The molecule has 14 nitrogen and oxygen atoms in total. The van der Waals surface area contributed by atoms with Gasteiger partial charge in [-0.1, -0.05) is 131 Å². The van der Waals surface area contributed by atoms with Crippen molar-refractivity contribution in [2.45, 2.75) is 226 Å². The number of ether oxygens (including phenoxy) is 3. The molecule has 504 valence electrons. The molecular weight excluding hydrogens is 1120 g/mol. The third-order valence-electron chi connectivity index (χ3n) is 10.1. The van der Waals surface area contributed by atoms with Gasteiger partial charge in [-0.25, -0.2) is 0 Å². The van der Waals surface area contributed by atoms with Gasteiger partial charge in [-0.15, -0.1) is 12.6 Å². The molecule has 0 unspecified atom stereocenters. The Labute approximate surface area is 543 Å². The van der Waals surface area contributed by atoms with Crippen molar-refractivity contribution in [1.82, 2.24) is 0 Å². The molecule has 0 aromatic heterocycles. The van der Waals surface area contributed by atoms with Gasteiger partial charge in [0, 0.05) is 53.6 Å². The van der Waals surface area contributed by atoms with E-state index in [9.17, 15) is 29.9 Å². The molecule has 0 saturated heterocycles. The zero-order valence-corrected chi connectivity index (χ0v) is 62.7. The number of aromatic hydroxyl groups is 2. The van der Waals surface area contributed by atoms with Crippen molar-refractivity contribution < 1.29 is 38.9 Å². The Bertz CT molecular complexity index is 2570. The standard InChI is InChI=1S/C11H15NO2.C10H13NO2.C9H13NO.C9H12OS.C8H9NO2.C8H11NO.9C2H6/c1-7-5-10(12-9(3)13)6-8(2)11(7)14-4;1-6-4-9(11-8(3)12)5-7(2)10(6)13;1-6-4-8(10)5-7(2)9(6)11-3;1-6-4-8(11)5-7(2)9(6)10-3;1-6-3-7(2)5-8(4-6)9(10)11;1-5-3-7(9)4-6(2)8(5)10;9*1-2/h5-6H,1-4H3,(H,12,13);4-5,13H,1-3H3,(H,11,12);4-5H,10H2,1-3H3;4-5,11H,1-3H3;3-5H,1-2H3;3-4,10H,9H2,1-2H3;9*1-2H3. The molecule has 0 heterocycles. The second-order valence-corrected chi connectivity index (χ2v) is 17.4. The van der Waals surface area contributed by atoms with E-state index < -0.39 is 0 Å². The van der Waals surface area contributed by atoms with Crippen LogP contribution in [0.1, 0.15) is 205 Å². The van der Waals surface area contributed by atoms with Gasteiger partial charge in [0.2, 0.25) is 11.8 Å². The van der Waals surface area contributed by atoms with Crippen molar-refractivity contribution >= 4 is 52.9 Å². The largest absolute Gasteiger partial charge is 0.507 e. The zero-order valence-electron chi connectivity index (χ0n) is 61.8. The molecule has 2 amide bonds. The number of thiol groups is 1. The molecule has 0 aliphatic heterocycles. The molecule has 15 heteroatoms. The Morgan fingerprint density at radius 3 is 0.830 bits per heavy atom. The van der Waals surface area contributed by atoms with Gasteiger partial charge in [-0.05, 0) is 211 Å². The number of carbonyl (C=O) groups is 2. The van der Waals surface area contributed by atoms with Gasteiger partial charge in [0.05, 0.1) is 26.3 Å². The van der Waals surface area contributed by atoms with Gasteiger partial charge in [-0.3, -0.25) is 19.7 Å². The van der Waals surface area contributed by atoms with Crippen LogP contribution in [0.25, 0.3) is 0 Å². The molecule has 88 heavy (non-hydrogen) atoms. The third kappa shape index (κ3) is 45.0. The average Bonchev–Trinajstić information content (AvgIpc) is 3.54. The first-order valence-corrected chi connectivity index (χ1v) is 31.5. The van der Waals surface area contributed by atoms with Gasteiger partial charge in [0.15, 0.2) is 0 Å². The predicted octanol–water partition coefficient (Wildman–Crippen LogP) is 21.8. The van der Waals surface area contributed by atoms with Crippen molar-refractivity contribution in [3.05, 3.63) is 156 Å². The number of carbonyl (C=O) groups excluding carboxylic acids is 2. The van der Waals surface area contributed by atoms with Crippen LogP contribution in [0.15, 0.2) is 83.8 Å². The summed E-state index contributed by atoms with van der Waals surface area (Å²) in [7, 11) is 5.01. The molecule has 6 aromatic carbocycles. The molecule has 0 radical (unpaired) electrons. The number of nitrogens with zero attached hydrogens (tertiary/aromatic N) is 1. The van der Waals surface area contributed by atoms with E-state index in [0.717, 1.165) is 106 Å². The highest BCUT2D eigenvalue weighted by Gasteiger charge is 2.08. The number of nitro groups is 1. The number of methoxy groups -OCH3 is 3. The number of amides is 2. The first-order valence-electron chi connectivity index (χ1n) is 31.1. The minimum atomic E-state index is -0.375. The van der Waals surface area contributed by atoms with Gasteiger partial charge >= 0.3 is 0 Å². The highest BCUT2D eigenvalue weighted by molar-refractivity contribution is 7.80. The smallest absolute Gasteiger partial charge is 0.269 e. The quantitative estimate of drug-likeness (QED) is 0.0273. The molecule has 0 aliphatic rings.